The molecule has 0 spiro atoms. The van der Waals surface area contributed by atoms with Crippen LogP contribution in [0, 0.1) is 5.92 Å². The van der Waals surface area contributed by atoms with E-state index in [0.29, 0.717) is 18.8 Å². The van der Waals surface area contributed by atoms with Gasteiger partial charge < -0.3 is 4.90 Å². The molecule has 0 radical (unpaired) electrons. The van der Waals surface area contributed by atoms with Crippen molar-refractivity contribution >= 4 is 5.91 Å². The molecule has 1 atom stereocenters. The third kappa shape index (κ3) is 3.70. The van der Waals surface area contributed by atoms with Crippen LogP contribution in [0.15, 0.2) is 6.07 Å². The zero-order valence-corrected chi connectivity index (χ0v) is 13.0. The average molecular weight is 329 g/mol. The lowest BCUT2D eigenvalue weighted by Gasteiger charge is -2.35. The van der Waals surface area contributed by atoms with Gasteiger partial charge in [-0.1, -0.05) is 19.3 Å². The van der Waals surface area contributed by atoms with Crippen molar-refractivity contribution in [1.29, 1.82) is 0 Å². The number of alkyl halides is 3. The van der Waals surface area contributed by atoms with Crippen molar-refractivity contribution in [3.05, 3.63) is 17.5 Å². The molecule has 0 aromatic carbocycles. The van der Waals surface area contributed by atoms with Crippen LogP contribution in [0.3, 0.4) is 0 Å². The number of halogens is 3. The third-order valence-electron chi connectivity index (χ3n) is 5.02. The first kappa shape index (κ1) is 16.3. The van der Waals surface area contributed by atoms with Crippen LogP contribution in [0.4, 0.5) is 13.2 Å². The zero-order valence-electron chi connectivity index (χ0n) is 13.0. The number of carbonyl (C=O) groups is 1. The highest BCUT2D eigenvalue weighted by Gasteiger charge is 2.36. The summed E-state index contributed by atoms with van der Waals surface area (Å²) in [5.41, 5.74) is -0.401. The molecule has 1 aromatic rings. The fourth-order valence-corrected chi connectivity index (χ4v) is 3.73. The van der Waals surface area contributed by atoms with Crippen molar-refractivity contribution < 1.29 is 18.0 Å². The Balaban J connectivity index is 1.66. The number of hydrogen-bond donors (Lipinski definition) is 1. The summed E-state index contributed by atoms with van der Waals surface area (Å²) in [5.74, 6) is 0.208. The number of nitrogens with one attached hydrogen (secondary N) is 1. The highest BCUT2D eigenvalue weighted by molar-refractivity contribution is 5.79. The van der Waals surface area contributed by atoms with E-state index in [0.717, 1.165) is 44.6 Å². The molecule has 0 bridgehead atoms. The molecule has 1 saturated carbocycles. The van der Waals surface area contributed by atoms with Crippen molar-refractivity contribution in [1.82, 2.24) is 15.1 Å². The fourth-order valence-electron chi connectivity index (χ4n) is 3.73. The molecule has 1 aliphatic carbocycles. The van der Waals surface area contributed by atoms with Gasteiger partial charge in [-0.15, -0.1) is 0 Å². The lowest BCUT2D eigenvalue weighted by molar-refractivity contribution is -0.141. The Labute approximate surface area is 133 Å². The van der Waals surface area contributed by atoms with Crippen LogP contribution in [-0.4, -0.2) is 34.1 Å². The highest BCUT2D eigenvalue weighted by Crippen LogP contribution is 2.33. The Morgan fingerprint density at radius 1 is 1.17 bits per heavy atom. The summed E-state index contributed by atoms with van der Waals surface area (Å²) >= 11 is 0. The second-order valence-electron chi connectivity index (χ2n) is 6.66. The Bertz CT molecular complexity index is 549. The number of aromatic nitrogens is 2. The van der Waals surface area contributed by atoms with Gasteiger partial charge in [0.25, 0.3) is 0 Å². The molecule has 1 saturated heterocycles. The predicted molar refractivity (Wildman–Crippen MR) is 78.7 cm³/mol. The van der Waals surface area contributed by atoms with Crippen LogP contribution >= 0.6 is 0 Å². The maximum Gasteiger partial charge on any atom is 0.435 e. The number of rotatable bonds is 2. The van der Waals surface area contributed by atoms with E-state index in [4.69, 9.17) is 0 Å². The molecule has 1 aromatic heterocycles. The number of amides is 1. The molecule has 4 nitrogen and oxygen atoms in total. The zero-order chi connectivity index (χ0) is 16.4. The van der Waals surface area contributed by atoms with Crippen LogP contribution in [0.5, 0.6) is 0 Å². The van der Waals surface area contributed by atoms with Crippen LogP contribution < -0.4 is 0 Å². The highest BCUT2D eigenvalue weighted by atomic mass is 19.4. The number of hydrogen-bond acceptors (Lipinski definition) is 2. The van der Waals surface area contributed by atoms with E-state index in [-0.39, 0.29) is 17.7 Å². The molecule has 2 heterocycles. The van der Waals surface area contributed by atoms with Gasteiger partial charge in [-0.2, -0.15) is 18.3 Å². The number of H-pyrrole nitrogens is 1. The minimum atomic E-state index is -4.43. The summed E-state index contributed by atoms with van der Waals surface area (Å²) in [5, 5.41) is 5.88. The summed E-state index contributed by atoms with van der Waals surface area (Å²) in [6, 6.07) is 1.08. The van der Waals surface area contributed by atoms with E-state index in [9.17, 15) is 18.0 Å². The molecule has 1 amide bonds. The number of carbonyl (C=O) groups excluding carboxylic acids is 1. The summed E-state index contributed by atoms with van der Waals surface area (Å²) in [6.07, 6.45) is 2.47. The van der Waals surface area contributed by atoms with E-state index in [1.807, 2.05) is 4.90 Å². The topological polar surface area (TPSA) is 49.0 Å². The second-order valence-corrected chi connectivity index (χ2v) is 6.66. The molecule has 3 rings (SSSR count). The minimum Gasteiger partial charge on any atom is -0.342 e. The molecule has 128 valence electrons. The van der Waals surface area contributed by atoms with E-state index in [1.165, 1.54) is 6.42 Å². The van der Waals surface area contributed by atoms with Crippen molar-refractivity contribution in [2.75, 3.05) is 13.1 Å². The fraction of sp³-hybridized carbons (Fsp3) is 0.750. The molecule has 1 N–H and O–H groups in total. The largest absolute Gasteiger partial charge is 0.435 e. The lowest BCUT2D eigenvalue weighted by Crippen LogP contribution is -2.42. The quantitative estimate of drug-likeness (QED) is 0.899. The van der Waals surface area contributed by atoms with Crippen molar-refractivity contribution in [3.63, 3.8) is 0 Å². The summed E-state index contributed by atoms with van der Waals surface area (Å²) in [6.45, 7) is 1.21. The Hall–Kier alpha value is -1.53. The van der Waals surface area contributed by atoms with Gasteiger partial charge in [-0.25, -0.2) is 0 Å². The van der Waals surface area contributed by atoms with E-state index in [2.05, 4.69) is 10.2 Å². The van der Waals surface area contributed by atoms with Gasteiger partial charge in [0.1, 0.15) is 0 Å². The average Bonchev–Trinajstić information content (AvgIpc) is 3.05. The van der Waals surface area contributed by atoms with Crippen LogP contribution in [0.2, 0.25) is 0 Å². The van der Waals surface area contributed by atoms with Gasteiger partial charge in [-0.3, -0.25) is 9.89 Å². The molecule has 7 heteroatoms. The molecule has 23 heavy (non-hydrogen) atoms. The molecule has 0 unspecified atom stereocenters. The summed E-state index contributed by atoms with van der Waals surface area (Å²) in [7, 11) is 0. The van der Waals surface area contributed by atoms with Gasteiger partial charge in [0.2, 0.25) is 5.91 Å². The standard InChI is InChI=1S/C16H22F3N3O/c17-16(18,19)14-9-13(20-21-14)12-7-4-8-22(10-12)15(23)11-5-2-1-3-6-11/h9,11-12H,1-8,10H2,(H,20,21)/t12-/m1/s1. The van der Waals surface area contributed by atoms with Crippen molar-refractivity contribution in [3.8, 4) is 0 Å². The van der Waals surface area contributed by atoms with E-state index < -0.39 is 11.9 Å². The maximum absolute atomic E-state index is 12.7. The molecular weight excluding hydrogens is 307 g/mol. The predicted octanol–water partition coefficient (Wildman–Crippen LogP) is 3.71. The molecule has 2 fully saturated rings. The summed E-state index contributed by atoms with van der Waals surface area (Å²) in [4.78, 5) is 14.5. The minimum absolute atomic E-state index is 0.0834. The van der Waals surface area contributed by atoms with Crippen molar-refractivity contribution in [2.24, 2.45) is 5.92 Å². The smallest absolute Gasteiger partial charge is 0.342 e. The number of likely N-dealkylation sites (tertiary alicyclic amines) is 1. The van der Waals surface area contributed by atoms with Gasteiger partial charge in [-0.05, 0) is 31.7 Å². The van der Waals surface area contributed by atoms with Crippen molar-refractivity contribution in [2.45, 2.75) is 57.0 Å². The normalized spacial score (nSPS) is 24.0. The monoisotopic (exact) mass is 329 g/mol. The number of nitrogens with zero attached hydrogens (tertiary/aromatic N) is 2. The first-order chi connectivity index (χ1) is 10.9. The van der Waals surface area contributed by atoms with Crippen LogP contribution in [0.25, 0.3) is 0 Å². The Morgan fingerprint density at radius 3 is 2.57 bits per heavy atom. The van der Waals surface area contributed by atoms with Gasteiger partial charge in [0.05, 0.1) is 0 Å². The molecule has 2 aliphatic rings. The van der Waals surface area contributed by atoms with E-state index in [1.54, 1.807) is 0 Å². The van der Waals surface area contributed by atoms with Gasteiger partial charge in [0.15, 0.2) is 5.69 Å². The Morgan fingerprint density at radius 2 is 1.91 bits per heavy atom. The lowest BCUT2D eigenvalue weighted by atomic mass is 9.87. The van der Waals surface area contributed by atoms with Gasteiger partial charge >= 0.3 is 6.18 Å². The molecular formula is C16H22F3N3O. The first-order valence-electron chi connectivity index (χ1n) is 8.36. The number of aromatic amines is 1. The molecule has 1 aliphatic heterocycles. The maximum atomic E-state index is 12.7. The third-order valence-corrected chi connectivity index (χ3v) is 5.02. The van der Waals surface area contributed by atoms with Crippen LogP contribution in [0.1, 0.15) is 62.3 Å². The number of piperidine rings is 1. The van der Waals surface area contributed by atoms with Gasteiger partial charge in [0, 0.05) is 30.6 Å². The SMILES string of the molecule is O=C(C1CCCCC1)N1CCC[C@@H](c2cc(C(F)(F)F)n[nH]2)C1. The van der Waals surface area contributed by atoms with Crippen LogP contribution in [-0.2, 0) is 11.0 Å². The first-order valence-corrected chi connectivity index (χ1v) is 8.36. The summed E-state index contributed by atoms with van der Waals surface area (Å²) < 4.78 is 38.0. The second kappa shape index (κ2) is 6.53. The van der Waals surface area contributed by atoms with E-state index >= 15 is 0 Å². The Kier molecular flexibility index (Phi) is 4.64.